The van der Waals surface area contributed by atoms with E-state index in [1.165, 1.54) is 0 Å². The molecule has 0 atom stereocenters. The summed E-state index contributed by atoms with van der Waals surface area (Å²) in [7, 11) is 0. The van der Waals surface area contributed by atoms with Crippen LogP contribution in [0.1, 0.15) is 0 Å². The Bertz CT molecular complexity index is 20.5. The minimum Gasteiger partial charge on any atom is -3.00 e. The van der Waals surface area contributed by atoms with Crippen LogP contribution in [-0.4, -0.2) is 36.2 Å². The minimum absolute atomic E-state index is 0. The molecule has 4 nitrogen and oxygen atoms in total. The number of rotatable bonds is 0. The predicted octanol–water partition coefficient (Wildman–Crippen LogP) is -0.376. The Morgan fingerprint density at radius 3 is 0.364 bits per heavy atom. The van der Waals surface area contributed by atoms with Crippen molar-refractivity contribution in [2.75, 3.05) is 0 Å². The topological polar surface area (TPSA) is 122 Å². The summed E-state index contributed by atoms with van der Waals surface area (Å²) < 4.78 is 0. The molecule has 0 aromatic rings. The fraction of sp³-hybridized carbons (Fsp3) is 0. The van der Waals surface area contributed by atoms with Crippen LogP contribution in [0.25, 0.3) is 24.6 Å². The first-order valence-corrected chi connectivity index (χ1v) is 0. The van der Waals surface area contributed by atoms with Crippen molar-refractivity contribution in [3.8, 4) is 0 Å². The molecule has 0 saturated carbocycles. The average Bonchev–Trinajstić information content (AvgIpc) is 0. The Morgan fingerprint density at radius 1 is 0.364 bits per heavy atom. The van der Waals surface area contributed by atoms with Gasteiger partial charge in [0.1, 0.15) is 0 Å². The van der Waals surface area contributed by atoms with E-state index in [4.69, 9.17) is 0 Å². The van der Waals surface area contributed by atoms with Gasteiger partial charge in [-0.25, -0.2) is 0 Å². The molecule has 0 fully saturated rings. The molecule has 0 spiro atoms. The first kappa shape index (κ1) is 376. The molecule has 0 aliphatic rings. The maximum atomic E-state index is 0. The molecule has 0 aliphatic heterocycles. The van der Waals surface area contributed by atoms with Gasteiger partial charge in [-0.15, -0.1) is 0 Å². The van der Waals surface area contributed by atoms with Crippen molar-refractivity contribution in [3.63, 3.8) is 0 Å². The van der Waals surface area contributed by atoms with Gasteiger partial charge in [0.2, 0.25) is 0 Å². The summed E-state index contributed by atoms with van der Waals surface area (Å²) in [5, 5.41) is 0. The summed E-state index contributed by atoms with van der Waals surface area (Å²) in [5.41, 5.74) is 0. The molecular formula is B3N4Pt3Si. The number of hydrogen-bond acceptors (Lipinski definition) is 0. The van der Waals surface area contributed by atoms with Crippen molar-refractivity contribution < 1.29 is 63.2 Å². The van der Waals surface area contributed by atoms with Gasteiger partial charge < -0.3 is 24.6 Å². The van der Waals surface area contributed by atoms with Gasteiger partial charge in [0.05, 0.1) is 0 Å². The number of nitrogens with zero attached hydrogens (tertiary/aromatic N) is 4. The molecule has 0 amide bonds. The Morgan fingerprint density at radius 2 is 0.364 bits per heavy atom. The molecule has 11 heteroatoms. The monoisotopic (exact) mass is 702 g/mol. The Labute approximate surface area is 123 Å². The van der Waals surface area contributed by atoms with Crippen LogP contribution in [0, 0.1) is 0 Å². The van der Waals surface area contributed by atoms with Crippen LogP contribution in [0.2, 0.25) is 0 Å². The van der Waals surface area contributed by atoms with Crippen LogP contribution >= 0.6 is 0 Å². The van der Waals surface area contributed by atoms with Crippen molar-refractivity contribution in [1.82, 2.24) is 0 Å². The zero-order chi connectivity index (χ0) is 0. The fourth-order valence-electron chi connectivity index (χ4n) is 0. The van der Waals surface area contributed by atoms with Crippen LogP contribution in [0.15, 0.2) is 0 Å². The Hall–Kier alpha value is 2.32. The molecule has 11 heavy (non-hydrogen) atoms. The van der Waals surface area contributed by atoms with Crippen molar-refractivity contribution in [1.29, 1.82) is 0 Å². The molecule has 0 bridgehead atoms. The van der Waals surface area contributed by atoms with Crippen LogP contribution in [0.4, 0.5) is 0 Å². The SMILES string of the molecule is [B].[B].[B].[N-3].[N-3].[N-3].[N-3].[Pt+4].[Pt+4].[Pt+4].[Si]. The largest absolute Gasteiger partial charge is 4.00 e. The van der Waals surface area contributed by atoms with Crippen LogP contribution in [0.5, 0.6) is 0 Å². The van der Waals surface area contributed by atoms with Crippen LogP contribution in [-0.2, 0) is 63.2 Å². The molecule has 0 aliphatic carbocycles. The zero-order valence-electron chi connectivity index (χ0n) is 4.97. The summed E-state index contributed by atoms with van der Waals surface area (Å²) in [6, 6.07) is 0. The van der Waals surface area contributed by atoms with Gasteiger partial charge in [-0.3, -0.25) is 0 Å². The van der Waals surface area contributed by atoms with Crippen molar-refractivity contribution >= 4 is 36.2 Å². The molecular weight excluding hydrogens is 702 g/mol. The van der Waals surface area contributed by atoms with E-state index < -0.39 is 0 Å². The number of hydrogen-bond donors (Lipinski definition) is 0. The summed E-state index contributed by atoms with van der Waals surface area (Å²) in [5.74, 6) is 0. The van der Waals surface area contributed by atoms with Gasteiger partial charge in [0.25, 0.3) is 0 Å². The predicted molar refractivity (Wildman–Crippen MR) is 36.5 cm³/mol. The molecule has 0 heterocycles. The van der Waals surface area contributed by atoms with E-state index in [0.29, 0.717) is 0 Å². The zero-order valence-corrected chi connectivity index (χ0v) is 12.8. The van der Waals surface area contributed by atoms with Gasteiger partial charge in [-0.1, -0.05) is 0 Å². The van der Waals surface area contributed by atoms with E-state index >= 15 is 0 Å². The van der Waals surface area contributed by atoms with E-state index in [2.05, 4.69) is 0 Å². The quantitative estimate of drug-likeness (QED) is 0.306. The molecule has 0 unspecified atom stereocenters. The summed E-state index contributed by atoms with van der Waals surface area (Å²) >= 11 is 0. The molecule has 63 valence electrons. The van der Waals surface area contributed by atoms with E-state index in [1.54, 1.807) is 0 Å². The fourth-order valence-corrected chi connectivity index (χ4v) is 0. The van der Waals surface area contributed by atoms with Crippen molar-refractivity contribution in [2.45, 2.75) is 0 Å². The van der Waals surface area contributed by atoms with Gasteiger partial charge >= 0.3 is 63.2 Å². The van der Waals surface area contributed by atoms with E-state index in [-0.39, 0.29) is 124 Å². The molecule has 0 saturated heterocycles. The first-order chi connectivity index (χ1) is 0. The van der Waals surface area contributed by atoms with Gasteiger partial charge in [-0.2, -0.15) is 0 Å². The van der Waals surface area contributed by atoms with Gasteiger partial charge in [-0.05, 0) is 0 Å². The minimum atomic E-state index is 0. The normalized spacial score (nSPS) is 0. The van der Waals surface area contributed by atoms with Crippen LogP contribution < -0.4 is 0 Å². The maximum Gasteiger partial charge on any atom is 4.00 e. The second kappa shape index (κ2) is 294. The summed E-state index contributed by atoms with van der Waals surface area (Å²) in [6.45, 7) is 0. The standard InChI is InChI=1S/3B.4N.3Pt.Si/q;;;4*-3;3*+4;. The van der Waals surface area contributed by atoms with E-state index in [9.17, 15) is 0 Å². The smallest absolute Gasteiger partial charge is 3.00 e. The van der Waals surface area contributed by atoms with E-state index in [0.717, 1.165) is 0 Å². The van der Waals surface area contributed by atoms with Crippen LogP contribution in [0.3, 0.4) is 0 Å². The third kappa shape index (κ3) is 244. The summed E-state index contributed by atoms with van der Waals surface area (Å²) in [6.07, 6.45) is 0. The Balaban J connectivity index is 0. The second-order valence-electron chi connectivity index (χ2n) is 0. The molecule has 0 rings (SSSR count). The molecule has 0 aromatic carbocycles. The maximum absolute atomic E-state index is 0. The van der Waals surface area contributed by atoms with Crippen molar-refractivity contribution in [3.05, 3.63) is 24.6 Å². The van der Waals surface area contributed by atoms with Gasteiger partial charge in [0, 0.05) is 36.2 Å². The van der Waals surface area contributed by atoms with Gasteiger partial charge in [0.15, 0.2) is 0 Å². The van der Waals surface area contributed by atoms with Crippen molar-refractivity contribution in [2.24, 2.45) is 0 Å². The third-order valence-electron chi connectivity index (χ3n) is 0. The van der Waals surface area contributed by atoms with E-state index in [1.807, 2.05) is 0 Å². The molecule has 0 N–H and O–H groups in total. The second-order valence-corrected chi connectivity index (χ2v) is 0. The Kier molecular flexibility index (Phi) is 10100. The third-order valence-corrected chi connectivity index (χ3v) is 0. The average molecular weight is 702 g/mol. The first-order valence-electron chi connectivity index (χ1n) is 0. The molecule has 13 radical (unpaired) electrons. The molecule has 0 aromatic heterocycles. The summed E-state index contributed by atoms with van der Waals surface area (Å²) in [4.78, 5) is 0.